The highest BCUT2D eigenvalue weighted by atomic mass is 16.5. The first-order chi connectivity index (χ1) is 16.2. The smallest absolute Gasteiger partial charge is 0.265 e. The zero-order chi connectivity index (χ0) is 22.6. The maximum atomic E-state index is 12.2. The van der Waals surface area contributed by atoms with Crippen molar-refractivity contribution in [1.82, 2.24) is 9.47 Å². The van der Waals surface area contributed by atoms with E-state index >= 15 is 0 Å². The molecular weight excluding hydrogens is 414 g/mol. The summed E-state index contributed by atoms with van der Waals surface area (Å²) >= 11 is 0. The van der Waals surface area contributed by atoms with Crippen molar-refractivity contribution in [1.29, 1.82) is 0 Å². The van der Waals surface area contributed by atoms with Crippen molar-refractivity contribution in [3.05, 3.63) is 95.7 Å². The minimum Gasteiger partial charge on any atom is -0.489 e. The number of primary amides is 1. The minimum absolute atomic E-state index is 0.450. The summed E-state index contributed by atoms with van der Waals surface area (Å²) in [4.78, 5) is 14.6. The van der Waals surface area contributed by atoms with E-state index in [2.05, 4.69) is 17.0 Å². The third-order valence-corrected chi connectivity index (χ3v) is 5.98. The SMILES string of the molecule is NC(=O)c1cc2cc(OCc3ccccc3)ccc2n1-c1ccc(CN2CCOCC2)cc1. The number of benzene rings is 3. The van der Waals surface area contributed by atoms with Gasteiger partial charge in [0.15, 0.2) is 0 Å². The highest BCUT2D eigenvalue weighted by molar-refractivity contribution is 5.99. The van der Waals surface area contributed by atoms with E-state index in [0.29, 0.717) is 12.3 Å². The second-order valence-electron chi connectivity index (χ2n) is 8.28. The minimum atomic E-state index is -0.463. The van der Waals surface area contributed by atoms with E-state index < -0.39 is 5.91 Å². The fraction of sp³-hybridized carbons (Fsp3) is 0.222. The van der Waals surface area contributed by atoms with E-state index in [4.69, 9.17) is 15.2 Å². The Morgan fingerprint density at radius 1 is 0.909 bits per heavy atom. The molecule has 0 radical (unpaired) electrons. The Morgan fingerprint density at radius 3 is 2.39 bits per heavy atom. The number of ether oxygens (including phenoxy) is 2. The normalized spacial score (nSPS) is 14.4. The number of nitrogens with two attached hydrogens (primary N) is 1. The van der Waals surface area contributed by atoms with Crippen LogP contribution in [0.25, 0.3) is 16.6 Å². The molecule has 1 aliphatic heterocycles. The van der Waals surface area contributed by atoms with E-state index in [9.17, 15) is 4.79 Å². The number of aromatic nitrogens is 1. The first-order valence-corrected chi connectivity index (χ1v) is 11.2. The lowest BCUT2D eigenvalue weighted by atomic mass is 10.1. The van der Waals surface area contributed by atoms with Gasteiger partial charge in [-0.05, 0) is 47.5 Å². The van der Waals surface area contributed by atoms with Crippen LogP contribution in [-0.2, 0) is 17.9 Å². The third kappa shape index (κ3) is 4.77. The average molecular weight is 442 g/mol. The molecule has 2 heterocycles. The van der Waals surface area contributed by atoms with Gasteiger partial charge in [-0.25, -0.2) is 0 Å². The summed E-state index contributed by atoms with van der Waals surface area (Å²) in [6, 6.07) is 26.0. The van der Waals surface area contributed by atoms with Crippen molar-refractivity contribution in [2.45, 2.75) is 13.2 Å². The van der Waals surface area contributed by atoms with Crippen molar-refractivity contribution in [2.24, 2.45) is 5.73 Å². The molecule has 6 heteroatoms. The molecule has 1 saturated heterocycles. The lowest BCUT2D eigenvalue weighted by Crippen LogP contribution is -2.35. The summed E-state index contributed by atoms with van der Waals surface area (Å²) in [5, 5.41) is 0.909. The molecule has 2 N–H and O–H groups in total. The summed E-state index contributed by atoms with van der Waals surface area (Å²) in [5.74, 6) is 0.288. The topological polar surface area (TPSA) is 69.7 Å². The van der Waals surface area contributed by atoms with Crippen molar-refractivity contribution in [3.63, 3.8) is 0 Å². The van der Waals surface area contributed by atoms with Gasteiger partial charge in [0.1, 0.15) is 18.1 Å². The molecule has 0 spiro atoms. The van der Waals surface area contributed by atoms with Crippen LogP contribution >= 0.6 is 0 Å². The summed E-state index contributed by atoms with van der Waals surface area (Å²) in [6.45, 7) is 4.84. The predicted octanol–water partition coefficient (Wildman–Crippen LogP) is 4.14. The van der Waals surface area contributed by atoms with Crippen LogP contribution in [0.1, 0.15) is 21.6 Å². The van der Waals surface area contributed by atoms with Crippen molar-refractivity contribution in [2.75, 3.05) is 26.3 Å². The molecule has 5 rings (SSSR count). The van der Waals surface area contributed by atoms with Gasteiger partial charge in [-0.1, -0.05) is 42.5 Å². The van der Waals surface area contributed by atoms with Gasteiger partial charge in [0.05, 0.1) is 18.7 Å². The highest BCUT2D eigenvalue weighted by Gasteiger charge is 2.16. The zero-order valence-corrected chi connectivity index (χ0v) is 18.4. The molecule has 0 unspecified atom stereocenters. The number of amides is 1. The van der Waals surface area contributed by atoms with Gasteiger partial charge in [0, 0.05) is 30.7 Å². The van der Waals surface area contributed by atoms with Crippen LogP contribution < -0.4 is 10.5 Å². The molecular formula is C27H27N3O3. The van der Waals surface area contributed by atoms with Gasteiger partial charge < -0.3 is 19.8 Å². The molecule has 3 aromatic carbocycles. The fourth-order valence-electron chi connectivity index (χ4n) is 4.25. The molecule has 0 aliphatic carbocycles. The largest absolute Gasteiger partial charge is 0.489 e. The number of morpholine rings is 1. The Bertz CT molecular complexity index is 1240. The first-order valence-electron chi connectivity index (χ1n) is 11.2. The summed E-state index contributed by atoms with van der Waals surface area (Å²) < 4.78 is 13.3. The van der Waals surface area contributed by atoms with E-state index in [-0.39, 0.29) is 0 Å². The molecule has 0 saturated carbocycles. The molecule has 1 aliphatic rings. The fourth-order valence-corrected chi connectivity index (χ4v) is 4.25. The van der Waals surface area contributed by atoms with E-state index in [1.807, 2.05) is 71.3 Å². The van der Waals surface area contributed by atoms with Gasteiger partial charge >= 0.3 is 0 Å². The molecule has 4 aromatic rings. The third-order valence-electron chi connectivity index (χ3n) is 5.98. The molecule has 1 aromatic heterocycles. The monoisotopic (exact) mass is 441 g/mol. The van der Waals surface area contributed by atoms with Crippen LogP contribution in [0.3, 0.4) is 0 Å². The first kappa shape index (κ1) is 21.2. The Hall–Kier alpha value is -3.61. The number of carbonyl (C=O) groups excluding carboxylic acids is 1. The quantitative estimate of drug-likeness (QED) is 0.468. The Labute approximate surface area is 193 Å². The lowest BCUT2D eigenvalue weighted by Gasteiger charge is -2.26. The Balaban J connectivity index is 1.40. The van der Waals surface area contributed by atoms with Crippen LogP contribution in [0.15, 0.2) is 78.9 Å². The van der Waals surface area contributed by atoms with Gasteiger partial charge in [0.25, 0.3) is 5.91 Å². The van der Waals surface area contributed by atoms with E-state index in [1.165, 1.54) is 5.56 Å². The van der Waals surface area contributed by atoms with Crippen LogP contribution in [-0.4, -0.2) is 41.7 Å². The van der Waals surface area contributed by atoms with Crippen LogP contribution in [0, 0.1) is 0 Å². The van der Waals surface area contributed by atoms with Crippen LogP contribution in [0.4, 0.5) is 0 Å². The highest BCUT2D eigenvalue weighted by Crippen LogP contribution is 2.28. The van der Waals surface area contributed by atoms with Gasteiger partial charge in [0.2, 0.25) is 0 Å². The predicted molar refractivity (Wildman–Crippen MR) is 129 cm³/mol. The lowest BCUT2D eigenvalue weighted by molar-refractivity contribution is 0.0342. The second-order valence-corrected chi connectivity index (χ2v) is 8.28. The molecule has 0 bridgehead atoms. The molecule has 6 nitrogen and oxygen atoms in total. The molecule has 1 fully saturated rings. The summed E-state index contributed by atoms with van der Waals surface area (Å²) in [7, 11) is 0. The number of carbonyl (C=O) groups is 1. The maximum Gasteiger partial charge on any atom is 0.265 e. The number of nitrogens with zero attached hydrogens (tertiary/aromatic N) is 2. The summed E-state index contributed by atoms with van der Waals surface area (Å²) in [6.07, 6.45) is 0. The van der Waals surface area contributed by atoms with Gasteiger partial charge in [-0.15, -0.1) is 0 Å². The van der Waals surface area contributed by atoms with E-state index in [1.54, 1.807) is 0 Å². The van der Waals surface area contributed by atoms with E-state index in [0.717, 1.165) is 60.8 Å². The number of rotatable bonds is 7. The molecule has 1 amide bonds. The second kappa shape index (κ2) is 9.48. The van der Waals surface area contributed by atoms with Crippen LogP contribution in [0.2, 0.25) is 0 Å². The van der Waals surface area contributed by atoms with Crippen LogP contribution in [0.5, 0.6) is 5.75 Å². The van der Waals surface area contributed by atoms with Crippen molar-refractivity contribution < 1.29 is 14.3 Å². The molecule has 0 atom stereocenters. The number of hydrogen-bond donors (Lipinski definition) is 1. The Morgan fingerprint density at radius 2 is 1.67 bits per heavy atom. The average Bonchev–Trinajstić information content (AvgIpc) is 3.24. The standard InChI is InChI=1S/C27H27N3O3/c28-27(31)26-17-22-16-24(33-19-21-4-2-1-3-5-21)10-11-25(22)30(26)23-8-6-20(7-9-23)18-29-12-14-32-15-13-29/h1-11,16-17H,12-15,18-19H2,(H2,28,31). The van der Waals surface area contributed by atoms with Crippen molar-refractivity contribution in [3.8, 4) is 11.4 Å². The van der Waals surface area contributed by atoms with Crippen molar-refractivity contribution >= 4 is 16.8 Å². The Kier molecular flexibility index (Phi) is 6.11. The number of fused-ring (bicyclic) bond motifs is 1. The molecule has 33 heavy (non-hydrogen) atoms. The summed E-state index contributed by atoms with van der Waals surface area (Å²) in [5.41, 5.74) is 10.3. The molecule has 168 valence electrons. The van der Waals surface area contributed by atoms with Gasteiger partial charge in [-0.2, -0.15) is 0 Å². The number of hydrogen-bond acceptors (Lipinski definition) is 4. The van der Waals surface area contributed by atoms with Gasteiger partial charge in [-0.3, -0.25) is 9.69 Å². The maximum absolute atomic E-state index is 12.2. The zero-order valence-electron chi connectivity index (χ0n) is 18.4.